The molecule has 1 aromatic heterocycles. The number of carbonyl (C=O) groups is 1. The maximum absolute atomic E-state index is 11.3. The van der Waals surface area contributed by atoms with Gasteiger partial charge in [-0.15, -0.1) is 0 Å². The first-order chi connectivity index (χ1) is 7.29. The van der Waals surface area contributed by atoms with Crippen molar-refractivity contribution >= 4 is 5.97 Å². The fourth-order valence-electron chi connectivity index (χ4n) is 1.10. The largest absolute Gasteiger partial charge is 0.476 e. The molecule has 0 spiro atoms. The SMILES string of the molecule is CC(C)(O)CCn1nc(C(=O)O)ccc1=O. The molecule has 0 fully saturated rings. The van der Waals surface area contributed by atoms with Gasteiger partial charge in [0.1, 0.15) is 0 Å². The predicted octanol–water partition coefficient (Wildman–Crippen LogP) is 0.102. The summed E-state index contributed by atoms with van der Waals surface area (Å²) in [5.74, 6) is -1.18. The van der Waals surface area contributed by atoms with Gasteiger partial charge in [0.2, 0.25) is 0 Å². The second kappa shape index (κ2) is 4.44. The number of aliphatic hydroxyl groups is 1. The van der Waals surface area contributed by atoms with E-state index < -0.39 is 11.6 Å². The van der Waals surface area contributed by atoms with Gasteiger partial charge in [0, 0.05) is 12.6 Å². The second-order valence-electron chi connectivity index (χ2n) is 4.15. The van der Waals surface area contributed by atoms with Crippen molar-refractivity contribution in [2.24, 2.45) is 0 Å². The maximum Gasteiger partial charge on any atom is 0.356 e. The highest BCUT2D eigenvalue weighted by molar-refractivity contribution is 5.84. The fraction of sp³-hybridized carbons (Fsp3) is 0.500. The van der Waals surface area contributed by atoms with Crippen LogP contribution in [0.4, 0.5) is 0 Å². The first-order valence-electron chi connectivity index (χ1n) is 4.83. The highest BCUT2D eigenvalue weighted by Crippen LogP contribution is 2.07. The lowest BCUT2D eigenvalue weighted by Crippen LogP contribution is -2.29. The standard InChI is InChI=1S/C10H14N2O4/c1-10(2,16)5-6-12-8(13)4-3-7(11-12)9(14)15/h3-4,16H,5-6H2,1-2H3,(H,14,15). The number of aryl methyl sites for hydroxylation is 1. The molecule has 16 heavy (non-hydrogen) atoms. The predicted molar refractivity (Wildman–Crippen MR) is 56.4 cm³/mol. The zero-order valence-corrected chi connectivity index (χ0v) is 9.17. The summed E-state index contributed by atoms with van der Waals surface area (Å²) in [6.45, 7) is 3.40. The molecule has 0 unspecified atom stereocenters. The monoisotopic (exact) mass is 226 g/mol. The average Bonchev–Trinajstić information content (AvgIpc) is 2.14. The number of rotatable bonds is 4. The van der Waals surface area contributed by atoms with Crippen molar-refractivity contribution in [2.75, 3.05) is 0 Å². The number of nitrogens with zero attached hydrogens (tertiary/aromatic N) is 2. The molecule has 0 atom stereocenters. The van der Waals surface area contributed by atoms with E-state index in [4.69, 9.17) is 5.11 Å². The minimum absolute atomic E-state index is 0.184. The first-order valence-corrected chi connectivity index (χ1v) is 4.83. The average molecular weight is 226 g/mol. The van der Waals surface area contributed by atoms with Gasteiger partial charge < -0.3 is 10.2 Å². The Labute approximate surface area is 92.2 Å². The summed E-state index contributed by atoms with van der Waals surface area (Å²) >= 11 is 0. The molecule has 1 rings (SSSR count). The van der Waals surface area contributed by atoms with Crippen LogP contribution in [0.2, 0.25) is 0 Å². The topological polar surface area (TPSA) is 92.4 Å². The van der Waals surface area contributed by atoms with Crippen molar-refractivity contribution in [3.05, 3.63) is 28.2 Å². The molecule has 1 heterocycles. The second-order valence-corrected chi connectivity index (χ2v) is 4.15. The van der Waals surface area contributed by atoms with Crippen molar-refractivity contribution in [1.29, 1.82) is 0 Å². The maximum atomic E-state index is 11.3. The molecule has 0 saturated carbocycles. The lowest BCUT2D eigenvalue weighted by molar-refractivity contribution is 0.0641. The first kappa shape index (κ1) is 12.4. The van der Waals surface area contributed by atoms with E-state index in [0.29, 0.717) is 6.42 Å². The Bertz CT molecular complexity index is 445. The lowest BCUT2D eigenvalue weighted by atomic mass is 10.1. The summed E-state index contributed by atoms with van der Waals surface area (Å²) in [7, 11) is 0. The van der Waals surface area contributed by atoms with Gasteiger partial charge in [0.05, 0.1) is 5.60 Å². The molecule has 6 nitrogen and oxygen atoms in total. The molecule has 2 N–H and O–H groups in total. The van der Waals surface area contributed by atoms with Gasteiger partial charge in [-0.25, -0.2) is 9.48 Å². The summed E-state index contributed by atoms with van der Waals surface area (Å²) in [6, 6.07) is 2.31. The number of carboxylic acid groups (broad SMARTS) is 1. The Morgan fingerprint density at radius 2 is 2.12 bits per heavy atom. The molecule has 1 aromatic rings. The van der Waals surface area contributed by atoms with Crippen LogP contribution in [0.3, 0.4) is 0 Å². The van der Waals surface area contributed by atoms with Gasteiger partial charge in [-0.1, -0.05) is 0 Å². The number of hydrogen-bond acceptors (Lipinski definition) is 4. The van der Waals surface area contributed by atoms with Gasteiger partial charge in [0.15, 0.2) is 5.69 Å². The van der Waals surface area contributed by atoms with Crippen LogP contribution in [0.1, 0.15) is 30.8 Å². The van der Waals surface area contributed by atoms with E-state index in [9.17, 15) is 14.7 Å². The van der Waals surface area contributed by atoms with Crippen LogP contribution < -0.4 is 5.56 Å². The summed E-state index contributed by atoms with van der Waals surface area (Å²) < 4.78 is 1.04. The van der Waals surface area contributed by atoms with E-state index in [1.54, 1.807) is 13.8 Å². The normalized spacial score (nSPS) is 11.4. The molecule has 88 valence electrons. The van der Waals surface area contributed by atoms with Crippen LogP contribution in [0, 0.1) is 0 Å². The molecule has 0 aliphatic carbocycles. The van der Waals surface area contributed by atoms with E-state index in [0.717, 1.165) is 16.8 Å². The van der Waals surface area contributed by atoms with Crippen molar-refractivity contribution < 1.29 is 15.0 Å². The third kappa shape index (κ3) is 3.47. The molecular weight excluding hydrogens is 212 g/mol. The Hall–Kier alpha value is -1.69. The number of hydrogen-bond donors (Lipinski definition) is 2. The van der Waals surface area contributed by atoms with Gasteiger partial charge in [-0.2, -0.15) is 5.10 Å². The zero-order valence-electron chi connectivity index (χ0n) is 9.17. The quantitative estimate of drug-likeness (QED) is 0.759. The summed E-state index contributed by atoms with van der Waals surface area (Å²) in [6.07, 6.45) is 0.322. The molecule has 0 aromatic carbocycles. The van der Waals surface area contributed by atoms with Gasteiger partial charge >= 0.3 is 5.97 Å². The molecule has 6 heteroatoms. The van der Waals surface area contributed by atoms with Crippen LogP contribution in [0.25, 0.3) is 0 Å². The van der Waals surface area contributed by atoms with Crippen LogP contribution in [-0.4, -0.2) is 31.6 Å². The molecule has 0 aliphatic rings. The molecule has 0 saturated heterocycles. The third-order valence-electron chi connectivity index (χ3n) is 2.02. The molecule has 0 bridgehead atoms. The smallest absolute Gasteiger partial charge is 0.356 e. The van der Waals surface area contributed by atoms with Crippen LogP contribution >= 0.6 is 0 Å². The molecule has 0 radical (unpaired) electrons. The Morgan fingerprint density at radius 3 is 2.62 bits per heavy atom. The van der Waals surface area contributed by atoms with Crippen molar-refractivity contribution in [2.45, 2.75) is 32.4 Å². The highest BCUT2D eigenvalue weighted by atomic mass is 16.4. The van der Waals surface area contributed by atoms with Crippen LogP contribution in [0.15, 0.2) is 16.9 Å². The van der Waals surface area contributed by atoms with Gasteiger partial charge in [-0.05, 0) is 26.3 Å². The van der Waals surface area contributed by atoms with Crippen LogP contribution in [-0.2, 0) is 6.54 Å². The van der Waals surface area contributed by atoms with Crippen LogP contribution in [0.5, 0.6) is 0 Å². The number of aromatic carboxylic acids is 1. The van der Waals surface area contributed by atoms with Crippen molar-refractivity contribution in [3.63, 3.8) is 0 Å². The van der Waals surface area contributed by atoms with E-state index in [1.807, 2.05) is 0 Å². The molecule has 0 aliphatic heterocycles. The van der Waals surface area contributed by atoms with Gasteiger partial charge in [0.25, 0.3) is 5.56 Å². The van der Waals surface area contributed by atoms with E-state index >= 15 is 0 Å². The van der Waals surface area contributed by atoms with Crippen molar-refractivity contribution in [1.82, 2.24) is 9.78 Å². The zero-order chi connectivity index (χ0) is 12.3. The fourth-order valence-corrected chi connectivity index (χ4v) is 1.10. The highest BCUT2D eigenvalue weighted by Gasteiger charge is 2.14. The minimum atomic E-state index is -1.18. The molecule has 0 amide bonds. The number of aromatic nitrogens is 2. The van der Waals surface area contributed by atoms with Crippen molar-refractivity contribution in [3.8, 4) is 0 Å². The van der Waals surface area contributed by atoms with E-state index in [2.05, 4.69) is 5.10 Å². The summed E-state index contributed by atoms with van der Waals surface area (Å²) in [5, 5.41) is 21.9. The molecular formula is C10H14N2O4. The summed E-state index contributed by atoms with van der Waals surface area (Å²) in [5.41, 5.74) is -1.48. The lowest BCUT2D eigenvalue weighted by Gasteiger charge is -2.16. The third-order valence-corrected chi connectivity index (χ3v) is 2.02. The minimum Gasteiger partial charge on any atom is -0.476 e. The van der Waals surface area contributed by atoms with E-state index in [1.165, 1.54) is 0 Å². The van der Waals surface area contributed by atoms with Gasteiger partial charge in [-0.3, -0.25) is 4.79 Å². The number of carboxylic acids is 1. The van der Waals surface area contributed by atoms with E-state index in [-0.39, 0.29) is 17.8 Å². The summed E-state index contributed by atoms with van der Waals surface area (Å²) in [4.78, 5) is 22.0. The Morgan fingerprint density at radius 1 is 1.50 bits per heavy atom. The Kier molecular flexibility index (Phi) is 3.44. The Balaban J connectivity index is 2.91.